The molecule has 0 saturated carbocycles. The molecule has 0 aliphatic rings. The van der Waals surface area contributed by atoms with E-state index in [0.29, 0.717) is 21.0 Å². The molecule has 0 aliphatic heterocycles. The summed E-state index contributed by atoms with van der Waals surface area (Å²) in [5, 5.41) is 9.12. The van der Waals surface area contributed by atoms with E-state index in [1.807, 2.05) is 12.1 Å². The summed E-state index contributed by atoms with van der Waals surface area (Å²) in [6, 6.07) is 7.12. The summed E-state index contributed by atoms with van der Waals surface area (Å²) in [5.74, 6) is -0.0402. The quantitative estimate of drug-likeness (QED) is 0.711. The van der Waals surface area contributed by atoms with Crippen LogP contribution in [0.1, 0.15) is 5.76 Å². The Morgan fingerprint density at radius 2 is 2.05 bits per heavy atom. The van der Waals surface area contributed by atoms with Gasteiger partial charge in [-0.2, -0.15) is 0 Å². The first kappa shape index (κ1) is 14.4. The Kier molecular flexibility index (Phi) is 4.50. The molecule has 0 fully saturated rings. The molecule has 0 atom stereocenters. The van der Waals surface area contributed by atoms with Gasteiger partial charge < -0.3 is 9.52 Å². The Hall–Kier alpha value is -1.04. The monoisotopic (exact) mass is 404 g/mol. The Morgan fingerprint density at radius 3 is 2.68 bits per heavy atom. The van der Waals surface area contributed by atoms with E-state index in [1.165, 1.54) is 6.08 Å². The lowest BCUT2D eigenvalue weighted by Crippen LogP contribution is -1.84. The first-order valence-electron chi connectivity index (χ1n) is 5.13. The van der Waals surface area contributed by atoms with Crippen molar-refractivity contribution >= 4 is 55.5 Å². The highest BCUT2D eigenvalue weighted by atomic mass is 79.9. The zero-order valence-electron chi connectivity index (χ0n) is 9.36. The third-order valence-electron chi connectivity index (χ3n) is 2.27. The minimum Gasteiger partial charge on any atom is -0.478 e. The van der Waals surface area contributed by atoms with E-state index < -0.39 is 5.97 Å². The third kappa shape index (κ3) is 3.49. The van der Waals surface area contributed by atoms with Crippen LogP contribution in [-0.2, 0) is 4.79 Å². The smallest absolute Gasteiger partial charge is 0.328 e. The number of carboxylic acids is 1. The number of hydrogen-bond donors (Lipinski definition) is 1. The summed E-state index contributed by atoms with van der Waals surface area (Å²) in [4.78, 5) is 10.5. The highest BCUT2D eigenvalue weighted by Crippen LogP contribution is 2.37. The Morgan fingerprint density at radius 1 is 1.32 bits per heavy atom. The van der Waals surface area contributed by atoms with Crippen molar-refractivity contribution in [3.63, 3.8) is 0 Å². The maximum absolute atomic E-state index is 10.5. The van der Waals surface area contributed by atoms with Crippen molar-refractivity contribution in [2.45, 2.75) is 0 Å². The second kappa shape index (κ2) is 5.94. The van der Waals surface area contributed by atoms with Gasteiger partial charge in [-0.05, 0) is 46.3 Å². The second-order valence-corrected chi connectivity index (χ2v) is 5.80. The van der Waals surface area contributed by atoms with Crippen LogP contribution in [0.15, 0.2) is 43.7 Å². The van der Waals surface area contributed by atoms with Crippen LogP contribution in [0.4, 0.5) is 0 Å². The van der Waals surface area contributed by atoms with E-state index >= 15 is 0 Å². The molecule has 1 heterocycles. The zero-order chi connectivity index (χ0) is 14.0. The Balaban J connectivity index is 2.43. The van der Waals surface area contributed by atoms with Gasteiger partial charge >= 0.3 is 5.97 Å². The number of benzene rings is 1. The predicted octanol–water partition coefficient (Wildman–Crippen LogP) is 5.22. The number of carboxylic acid groups (broad SMARTS) is 1. The van der Waals surface area contributed by atoms with E-state index in [-0.39, 0.29) is 0 Å². The molecule has 2 rings (SSSR count). The summed E-state index contributed by atoms with van der Waals surface area (Å²) in [7, 11) is 0. The maximum Gasteiger partial charge on any atom is 0.328 e. The van der Waals surface area contributed by atoms with Crippen molar-refractivity contribution in [2.75, 3.05) is 0 Å². The van der Waals surface area contributed by atoms with Crippen LogP contribution in [0.5, 0.6) is 0 Å². The van der Waals surface area contributed by atoms with Crippen LogP contribution >= 0.6 is 43.5 Å². The number of furan rings is 1. The van der Waals surface area contributed by atoms with Crippen LogP contribution < -0.4 is 0 Å². The average molecular weight is 406 g/mol. The highest BCUT2D eigenvalue weighted by Gasteiger charge is 2.13. The minimum atomic E-state index is -1.03. The van der Waals surface area contributed by atoms with Gasteiger partial charge in [0.15, 0.2) is 0 Å². The van der Waals surface area contributed by atoms with Crippen molar-refractivity contribution < 1.29 is 14.3 Å². The molecular formula is C13H7Br2ClO3. The molecule has 0 bridgehead atoms. The molecule has 0 unspecified atom stereocenters. The van der Waals surface area contributed by atoms with Crippen LogP contribution in [0.2, 0.25) is 5.02 Å². The zero-order valence-corrected chi connectivity index (χ0v) is 13.3. The molecule has 3 nitrogen and oxygen atoms in total. The molecule has 98 valence electrons. The first-order valence-corrected chi connectivity index (χ1v) is 7.09. The fraction of sp³-hybridized carbons (Fsp3) is 0. The molecule has 6 heteroatoms. The number of hydrogen-bond acceptors (Lipinski definition) is 2. The van der Waals surface area contributed by atoms with Gasteiger partial charge in [0.25, 0.3) is 0 Å². The van der Waals surface area contributed by atoms with E-state index in [9.17, 15) is 4.79 Å². The summed E-state index contributed by atoms with van der Waals surface area (Å²) in [6.07, 6.45) is 2.39. The summed E-state index contributed by atoms with van der Waals surface area (Å²) in [5.41, 5.74) is 0.728. The molecule has 1 aromatic heterocycles. The van der Waals surface area contributed by atoms with E-state index in [2.05, 4.69) is 31.9 Å². The van der Waals surface area contributed by atoms with E-state index in [4.69, 9.17) is 21.1 Å². The van der Waals surface area contributed by atoms with Crippen molar-refractivity contribution in [3.8, 4) is 11.3 Å². The van der Waals surface area contributed by atoms with E-state index in [1.54, 1.807) is 12.1 Å². The predicted molar refractivity (Wildman–Crippen MR) is 81.2 cm³/mol. The van der Waals surface area contributed by atoms with Crippen molar-refractivity contribution in [1.29, 1.82) is 0 Å². The van der Waals surface area contributed by atoms with Gasteiger partial charge in [0, 0.05) is 16.1 Å². The molecular weight excluding hydrogens is 399 g/mol. The molecule has 1 aromatic carbocycles. The molecule has 19 heavy (non-hydrogen) atoms. The standard InChI is InChI=1S/C13H7Br2ClO3/c14-7-1-3-9(11(16)5-7)13-10(15)6-8(19-13)2-4-12(17)18/h1-6H,(H,17,18)/b4-2+. The molecule has 1 N–H and O–H groups in total. The van der Waals surface area contributed by atoms with Gasteiger partial charge in [-0.1, -0.05) is 27.5 Å². The van der Waals surface area contributed by atoms with Crippen LogP contribution in [-0.4, -0.2) is 11.1 Å². The number of rotatable bonds is 3. The lowest BCUT2D eigenvalue weighted by molar-refractivity contribution is -0.131. The van der Waals surface area contributed by atoms with Crippen molar-refractivity contribution in [1.82, 2.24) is 0 Å². The number of aliphatic carboxylic acids is 1. The third-order valence-corrected chi connectivity index (χ3v) is 3.67. The number of halogens is 3. The van der Waals surface area contributed by atoms with Crippen LogP contribution in [0.25, 0.3) is 17.4 Å². The highest BCUT2D eigenvalue weighted by molar-refractivity contribution is 9.10. The Labute approximate surface area is 131 Å². The van der Waals surface area contributed by atoms with Gasteiger partial charge in [0.05, 0.1) is 9.50 Å². The van der Waals surface area contributed by atoms with Gasteiger partial charge in [-0.15, -0.1) is 0 Å². The molecule has 2 aromatic rings. The largest absolute Gasteiger partial charge is 0.478 e. The van der Waals surface area contributed by atoms with Crippen LogP contribution in [0, 0.1) is 0 Å². The summed E-state index contributed by atoms with van der Waals surface area (Å²) >= 11 is 12.8. The topological polar surface area (TPSA) is 50.4 Å². The average Bonchev–Trinajstić information content (AvgIpc) is 2.68. The molecule has 0 spiro atoms. The fourth-order valence-electron chi connectivity index (χ4n) is 1.48. The Bertz CT molecular complexity index is 662. The van der Waals surface area contributed by atoms with Gasteiger partial charge in [-0.3, -0.25) is 0 Å². The SMILES string of the molecule is O=C(O)/C=C/c1cc(Br)c(-c2ccc(Br)cc2Cl)o1. The first-order chi connectivity index (χ1) is 8.97. The molecule has 0 amide bonds. The van der Waals surface area contributed by atoms with Crippen molar-refractivity contribution in [3.05, 3.63) is 50.1 Å². The molecule has 0 radical (unpaired) electrons. The minimum absolute atomic E-state index is 0.434. The number of carbonyl (C=O) groups is 1. The lowest BCUT2D eigenvalue weighted by atomic mass is 10.2. The molecule has 0 saturated heterocycles. The maximum atomic E-state index is 10.5. The second-order valence-electron chi connectivity index (χ2n) is 3.62. The van der Waals surface area contributed by atoms with Gasteiger partial charge in [0.2, 0.25) is 0 Å². The van der Waals surface area contributed by atoms with E-state index in [0.717, 1.165) is 16.1 Å². The van der Waals surface area contributed by atoms with Gasteiger partial charge in [0.1, 0.15) is 11.5 Å². The fourth-order valence-corrected chi connectivity index (χ4v) is 2.76. The van der Waals surface area contributed by atoms with Crippen LogP contribution in [0.3, 0.4) is 0 Å². The molecule has 0 aliphatic carbocycles. The summed E-state index contributed by atoms with van der Waals surface area (Å²) in [6.45, 7) is 0. The normalized spacial score (nSPS) is 11.1. The summed E-state index contributed by atoms with van der Waals surface area (Å²) < 4.78 is 7.16. The lowest BCUT2D eigenvalue weighted by Gasteiger charge is -2.02. The van der Waals surface area contributed by atoms with Gasteiger partial charge in [-0.25, -0.2) is 4.79 Å². The van der Waals surface area contributed by atoms with Crippen molar-refractivity contribution in [2.24, 2.45) is 0 Å².